The van der Waals surface area contributed by atoms with Crippen LogP contribution in [0.5, 0.6) is 0 Å². The molecule has 1 aromatic heterocycles. The number of aromatic nitrogens is 1. The van der Waals surface area contributed by atoms with Crippen LogP contribution in [0.2, 0.25) is 0 Å². The first-order valence-electron chi connectivity index (χ1n) is 5.55. The van der Waals surface area contributed by atoms with E-state index in [4.69, 9.17) is 10.8 Å². The van der Waals surface area contributed by atoms with E-state index in [0.717, 1.165) is 11.3 Å². The Bertz CT molecular complexity index is 473. The van der Waals surface area contributed by atoms with Gasteiger partial charge in [0, 0.05) is 11.4 Å². The van der Waals surface area contributed by atoms with Crippen molar-refractivity contribution in [3.8, 4) is 0 Å². The molecule has 1 fully saturated rings. The van der Waals surface area contributed by atoms with Crippen LogP contribution in [0.4, 0.5) is 18.3 Å². The lowest BCUT2D eigenvalue weighted by Gasteiger charge is -2.22. The molecule has 1 saturated carbocycles. The number of nitrogens with zero attached hydrogens (tertiary/aromatic N) is 2. The van der Waals surface area contributed by atoms with Gasteiger partial charge in [-0.25, -0.2) is 4.98 Å². The first-order valence-corrected chi connectivity index (χ1v) is 6.43. The quantitative estimate of drug-likeness (QED) is 0.865. The second-order valence-electron chi connectivity index (χ2n) is 4.35. The van der Waals surface area contributed by atoms with Crippen LogP contribution < -0.4 is 10.6 Å². The van der Waals surface area contributed by atoms with Gasteiger partial charge in [0.2, 0.25) is 0 Å². The third kappa shape index (κ3) is 3.57. The molecule has 3 N–H and O–H groups in total. The highest BCUT2D eigenvalue weighted by Gasteiger charge is 2.39. The van der Waals surface area contributed by atoms with Gasteiger partial charge < -0.3 is 15.7 Å². The lowest BCUT2D eigenvalue weighted by atomic mass is 10.2. The monoisotopic (exact) mass is 295 g/mol. The van der Waals surface area contributed by atoms with E-state index in [1.54, 1.807) is 0 Å². The Labute approximate surface area is 110 Å². The zero-order valence-corrected chi connectivity index (χ0v) is 10.5. The van der Waals surface area contributed by atoms with Crippen LogP contribution in [0.25, 0.3) is 0 Å². The number of nitrogens with two attached hydrogens (primary N) is 1. The van der Waals surface area contributed by atoms with Gasteiger partial charge in [0.1, 0.15) is 12.6 Å². The maximum Gasteiger partial charge on any atom is 0.406 e. The SMILES string of the molecule is NC(C(=O)O)c1csc(N(CC(F)(F)F)C2CC2)n1. The van der Waals surface area contributed by atoms with E-state index in [0.29, 0.717) is 12.8 Å². The van der Waals surface area contributed by atoms with Gasteiger partial charge >= 0.3 is 12.1 Å². The highest BCUT2D eigenvalue weighted by molar-refractivity contribution is 7.13. The summed E-state index contributed by atoms with van der Waals surface area (Å²) in [7, 11) is 0. The molecule has 1 aliphatic carbocycles. The number of thiazole rings is 1. The standard InChI is InChI=1S/C10H12F3N3O2S/c11-10(12,13)4-16(5-1-2-5)9-15-6(3-19-9)7(14)8(17)18/h3,5,7H,1-2,4,14H2,(H,17,18). The van der Waals surface area contributed by atoms with Crippen molar-refractivity contribution in [2.24, 2.45) is 5.73 Å². The zero-order chi connectivity index (χ0) is 14.2. The molecule has 1 aromatic rings. The van der Waals surface area contributed by atoms with Crippen LogP contribution >= 0.6 is 11.3 Å². The topological polar surface area (TPSA) is 79.5 Å². The van der Waals surface area contributed by atoms with Crippen LogP contribution in [-0.4, -0.2) is 34.8 Å². The molecular formula is C10H12F3N3O2S. The molecule has 1 heterocycles. The molecule has 0 amide bonds. The first kappa shape index (κ1) is 14.1. The molecule has 0 aromatic carbocycles. The van der Waals surface area contributed by atoms with Gasteiger partial charge in [0.05, 0.1) is 5.69 Å². The maximum absolute atomic E-state index is 12.5. The average molecular weight is 295 g/mol. The van der Waals surface area contributed by atoms with Gasteiger partial charge in [-0.3, -0.25) is 4.79 Å². The number of carboxylic acids is 1. The van der Waals surface area contributed by atoms with Crippen LogP contribution in [0.15, 0.2) is 5.38 Å². The van der Waals surface area contributed by atoms with E-state index >= 15 is 0 Å². The van der Waals surface area contributed by atoms with Crippen molar-refractivity contribution in [3.05, 3.63) is 11.1 Å². The van der Waals surface area contributed by atoms with Crippen molar-refractivity contribution < 1.29 is 23.1 Å². The minimum Gasteiger partial charge on any atom is -0.480 e. The van der Waals surface area contributed by atoms with E-state index in [9.17, 15) is 18.0 Å². The summed E-state index contributed by atoms with van der Waals surface area (Å²) in [6.45, 7) is -1.08. The fourth-order valence-electron chi connectivity index (χ4n) is 1.61. The number of hydrogen-bond donors (Lipinski definition) is 2. The maximum atomic E-state index is 12.5. The number of alkyl halides is 3. The zero-order valence-electron chi connectivity index (χ0n) is 9.72. The van der Waals surface area contributed by atoms with Crippen molar-refractivity contribution in [3.63, 3.8) is 0 Å². The lowest BCUT2D eigenvalue weighted by molar-refractivity contribution is -0.138. The number of anilines is 1. The highest BCUT2D eigenvalue weighted by atomic mass is 32.1. The Morgan fingerprint density at radius 3 is 2.74 bits per heavy atom. The molecule has 0 saturated heterocycles. The second kappa shape index (κ2) is 4.97. The van der Waals surface area contributed by atoms with Gasteiger partial charge in [0.15, 0.2) is 5.13 Å². The normalized spacial score (nSPS) is 17.3. The van der Waals surface area contributed by atoms with E-state index in [1.165, 1.54) is 10.3 Å². The van der Waals surface area contributed by atoms with E-state index in [-0.39, 0.29) is 16.9 Å². The summed E-state index contributed by atoms with van der Waals surface area (Å²) >= 11 is 0.984. The number of carbonyl (C=O) groups is 1. The Morgan fingerprint density at radius 2 is 2.26 bits per heavy atom. The minimum atomic E-state index is -4.32. The Hall–Kier alpha value is -1.35. The summed E-state index contributed by atoms with van der Waals surface area (Å²) in [5, 5.41) is 10.3. The number of halogens is 3. The molecule has 9 heteroatoms. The summed E-state index contributed by atoms with van der Waals surface area (Å²) in [5.41, 5.74) is 5.46. The molecule has 5 nitrogen and oxygen atoms in total. The average Bonchev–Trinajstić information content (AvgIpc) is 3.01. The van der Waals surface area contributed by atoms with E-state index in [2.05, 4.69) is 4.98 Å². The Balaban J connectivity index is 2.16. The molecule has 0 bridgehead atoms. The summed E-state index contributed by atoms with van der Waals surface area (Å²) in [4.78, 5) is 15.8. The van der Waals surface area contributed by atoms with Crippen molar-refractivity contribution in [2.75, 3.05) is 11.4 Å². The molecule has 0 spiro atoms. The second-order valence-corrected chi connectivity index (χ2v) is 5.18. The highest BCUT2D eigenvalue weighted by Crippen LogP contribution is 2.36. The number of rotatable bonds is 5. The summed E-state index contributed by atoms with van der Waals surface area (Å²) in [6.07, 6.45) is -2.94. The third-order valence-electron chi connectivity index (χ3n) is 2.68. The van der Waals surface area contributed by atoms with Crippen molar-refractivity contribution in [1.82, 2.24) is 4.98 Å². The van der Waals surface area contributed by atoms with Gasteiger partial charge in [-0.1, -0.05) is 0 Å². The van der Waals surface area contributed by atoms with Crippen LogP contribution in [0.3, 0.4) is 0 Å². The van der Waals surface area contributed by atoms with Crippen LogP contribution in [0.1, 0.15) is 24.6 Å². The Kier molecular flexibility index (Phi) is 3.68. The van der Waals surface area contributed by atoms with Gasteiger partial charge in [-0.2, -0.15) is 13.2 Å². The number of aliphatic carboxylic acids is 1. The van der Waals surface area contributed by atoms with Crippen LogP contribution in [-0.2, 0) is 4.79 Å². The van der Waals surface area contributed by atoms with Crippen molar-refractivity contribution in [2.45, 2.75) is 31.1 Å². The summed E-state index contributed by atoms with van der Waals surface area (Å²) < 4.78 is 37.5. The molecule has 0 aliphatic heterocycles. The Morgan fingerprint density at radius 1 is 1.63 bits per heavy atom. The smallest absolute Gasteiger partial charge is 0.406 e. The molecule has 19 heavy (non-hydrogen) atoms. The van der Waals surface area contributed by atoms with Gasteiger partial charge in [-0.15, -0.1) is 11.3 Å². The predicted molar refractivity (Wildman–Crippen MR) is 63.1 cm³/mol. The fraction of sp³-hybridized carbons (Fsp3) is 0.600. The van der Waals surface area contributed by atoms with Gasteiger partial charge in [0.25, 0.3) is 0 Å². The number of hydrogen-bond acceptors (Lipinski definition) is 5. The van der Waals surface area contributed by atoms with Crippen molar-refractivity contribution >= 4 is 22.4 Å². The summed E-state index contributed by atoms with van der Waals surface area (Å²) in [5.74, 6) is -1.26. The van der Waals surface area contributed by atoms with Gasteiger partial charge in [-0.05, 0) is 12.8 Å². The third-order valence-corrected chi connectivity index (χ3v) is 3.57. The predicted octanol–water partition coefficient (Wildman–Crippen LogP) is 1.76. The fourth-order valence-corrected chi connectivity index (χ4v) is 2.54. The lowest BCUT2D eigenvalue weighted by Crippen LogP contribution is -2.36. The van der Waals surface area contributed by atoms with Crippen molar-refractivity contribution in [1.29, 1.82) is 0 Å². The molecule has 0 radical (unpaired) electrons. The van der Waals surface area contributed by atoms with E-state index in [1.807, 2.05) is 0 Å². The molecule has 106 valence electrons. The largest absolute Gasteiger partial charge is 0.480 e. The molecule has 1 atom stereocenters. The summed E-state index contributed by atoms with van der Waals surface area (Å²) in [6, 6.07) is -1.47. The first-order chi connectivity index (χ1) is 8.78. The van der Waals surface area contributed by atoms with E-state index < -0.39 is 24.7 Å². The molecular weight excluding hydrogens is 283 g/mol. The molecule has 1 unspecified atom stereocenters. The van der Waals surface area contributed by atoms with Crippen LogP contribution in [0, 0.1) is 0 Å². The molecule has 1 aliphatic rings. The molecule has 2 rings (SSSR count). The minimum absolute atomic E-state index is 0.0836. The number of carboxylic acid groups (broad SMARTS) is 1.